The molecule has 1 aromatic carbocycles. The first-order valence-electron chi connectivity index (χ1n) is 8.32. The minimum absolute atomic E-state index is 0.254. The van der Waals surface area contributed by atoms with Crippen molar-refractivity contribution in [1.29, 1.82) is 0 Å². The average molecular weight is 320 g/mol. The zero-order chi connectivity index (χ0) is 16.2. The number of hydrogen-bond acceptors (Lipinski definition) is 1. The third-order valence-electron chi connectivity index (χ3n) is 4.56. The largest absolute Gasteiger partial charge is 0.242 e. The maximum Gasteiger partial charge on any atom is 0.0978 e. The fourth-order valence-electron chi connectivity index (χ4n) is 3.16. The maximum absolute atomic E-state index is 12.8. The third-order valence-corrected chi connectivity index (χ3v) is 6.23. The smallest absolute Gasteiger partial charge is 0.0978 e. The predicted octanol–water partition coefficient (Wildman–Crippen LogP) is 4.70. The quantitative estimate of drug-likeness (QED) is 0.783. The van der Waals surface area contributed by atoms with Crippen molar-refractivity contribution in [2.45, 2.75) is 63.7 Å². The molecule has 1 aliphatic carbocycles. The summed E-state index contributed by atoms with van der Waals surface area (Å²) in [6.45, 7) is 8.27. The molecule has 1 aliphatic rings. The molecule has 0 aromatic heterocycles. The van der Waals surface area contributed by atoms with Crippen LogP contribution < -0.4 is 4.72 Å². The topological polar surface area (TPSA) is 29.1 Å². The molecule has 0 aliphatic heterocycles. The monoisotopic (exact) mass is 319 g/mol. The van der Waals surface area contributed by atoms with E-state index in [1.165, 1.54) is 12.0 Å². The van der Waals surface area contributed by atoms with Gasteiger partial charge in [0.2, 0.25) is 0 Å². The highest BCUT2D eigenvalue weighted by Gasteiger charge is 2.40. The van der Waals surface area contributed by atoms with Crippen molar-refractivity contribution in [1.82, 2.24) is 4.72 Å². The van der Waals surface area contributed by atoms with Gasteiger partial charge in [-0.25, -0.2) is 8.93 Å². The summed E-state index contributed by atoms with van der Waals surface area (Å²) in [5, 5.41) is 0. The van der Waals surface area contributed by atoms with E-state index in [-0.39, 0.29) is 10.3 Å². The lowest BCUT2D eigenvalue weighted by Crippen LogP contribution is -2.52. The molecule has 0 fully saturated rings. The van der Waals surface area contributed by atoms with Crippen molar-refractivity contribution in [3.63, 3.8) is 0 Å². The van der Waals surface area contributed by atoms with Crippen LogP contribution in [0.1, 0.15) is 58.9 Å². The fourth-order valence-corrected chi connectivity index (χ4v) is 4.21. The van der Waals surface area contributed by atoms with Crippen LogP contribution in [0.3, 0.4) is 0 Å². The van der Waals surface area contributed by atoms with Gasteiger partial charge in [-0.15, -0.1) is 0 Å². The van der Waals surface area contributed by atoms with Gasteiger partial charge < -0.3 is 0 Å². The zero-order valence-corrected chi connectivity index (χ0v) is 15.1. The van der Waals surface area contributed by atoms with Crippen molar-refractivity contribution >= 4 is 11.0 Å². The van der Waals surface area contributed by atoms with Gasteiger partial charge in [0.15, 0.2) is 0 Å². The van der Waals surface area contributed by atoms with Crippen molar-refractivity contribution in [2.24, 2.45) is 5.92 Å². The second kappa shape index (κ2) is 7.10. The molecule has 0 spiro atoms. The van der Waals surface area contributed by atoms with Crippen LogP contribution in [0, 0.1) is 5.92 Å². The average Bonchev–Trinajstić information content (AvgIpc) is 2.53. The second-order valence-corrected chi connectivity index (χ2v) is 9.11. The molecule has 0 saturated heterocycles. The van der Waals surface area contributed by atoms with E-state index in [4.69, 9.17) is 0 Å². The van der Waals surface area contributed by atoms with Crippen molar-refractivity contribution in [3.05, 3.63) is 48.0 Å². The molecule has 2 nitrogen and oxygen atoms in total. The highest BCUT2D eigenvalue weighted by atomic mass is 32.2. The highest BCUT2D eigenvalue weighted by Crippen LogP contribution is 2.40. The lowest BCUT2D eigenvalue weighted by molar-refractivity contribution is 0.261. The molecule has 3 heteroatoms. The van der Waals surface area contributed by atoms with Crippen LogP contribution in [0.15, 0.2) is 42.5 Å². The molecule has 3 atom stereocenters. The predicted molar refractivity (Wildman–Crippen MR) is 95.9 cm³/mol. The van der Waals surface area contributed by atoms with E-state index in [1.807, 2.05) is 26.8 Å². The molecule has 0 radical (unpaired) electrons. The van der Waals surface area contributed by atoms with Crippen LogP contribution in [-0.2, 0) is 16.5 Å². The third kappa shape index (κ3) is 3.69. The SMILES string of the molecule is CC[C@@](NS(=O)C(C)(C)C)(c1ccccc1)[C@@H]1C=CCCC1. The number of allylic oxidation sites excluding steroid dienone is 1. The Hall–Kier alpha value is -0.930. The Morgan fingerprint density at radius 1 is 1.23 bits per heavy atom. The minimum atomic E-state index is -1.09. The van der Waals surface area contributed by atoms with Gasteiger partial charge in [-0.05, 0) is 52.0 Å². The van der Waals surface area contributed by atoms with Crippen molar-refractivity contribution < 1.29 is 4.21 Å². The van der Waals surface area contributed by atoms with Gasteiger partial charge in [0.25, 0.3) is 0 Å². The Bertz CT molecular complexity index is 532. The van der Waals surface area contributed by atoms with Crippen molar-refractivity contribution in [3.8, 4) is 0 Å². The summed E-state index contributed by atoms with van der Waals surface area (Å²) >= 11 is 0. The molecule has 1 unspecified atom stereocenters. The van der Waals surface area contributed by atoms with E-state index >= 15 is 0 Å². The fraction of sp³-hybridized carbons (Fsp3) is 0.579. The summed E-state index contributed by atoms with van der Waals surface area (Å²) in [5.41, 5.74) is 0.989. The van der Waals surface area contributed by atoms with Crippen LogP contribution in [0.2, 0.25) is 0 Å². The molecule has 122 valence electrons. The molecule has 1 N–H and O–H groups in total. The van der Waals surface area contributed by atoms with Crippen LogP contribution in [0.25, 0.3) is 0 Å². The van der Waals surface area contributed by atoms with Gasteiger partial charge in [-0.2, -0.15) is 0 Å². The van der Waals surface area contributed by atoms with E-state index < -0.39 is 11.0 Å². The first-order valence-corrected chi connectivity index (χ1v) is 9.47. The van der Waals surface area contributed by atoms with Gasteiger partial charge in [-0.1, -0.05) is 49.4 Å². The zero-order valence-electron chi connectivity index (χ0n) is 14.3. The van der Waals surface area contributed by atoms with Gasteiger partial charge in [0, 0.05) is 5.92 Å². The minimum Gasteiger partial charge on any atom is -0.242 e. The van der Waals surface area contributed by atoms with Gasteiger partial charge >= 0.3 is 0 Å². The second-order valence-electron chi connectivity index (χ2n) is 7.14. The van der Waals surface area contributed by atoms with Gasteiger partial charge in [0.1, 0.15) is 0 Å². The highest BCUT2D eigenvalue weighted by molar-refractivity contribution is 7.84. The summed E-state index contributed by atoms with van der Waals surface area (Å²) in [6, 6.07) is 10.5. The molecule has 0 amide bonds. The molecule has 22 heavy (non-hydrogen) atoms. The van der Waals surface area contributed by atoms with Crippen molar-refractivity contribution in [2.75, 3.05) is 0 Å². The summed E-state index contributed by atoms with van der Waals surface area (Å²) in [6.07, 6.45) is 9.05. The molecular weight excluding hydrogens is 290 g/mol. The number of benzene rings is 1. The summed E-state index contributed by atoms with van der Waals surface area (Å²) in [5.74, 6) is 0.389. The Labute approximate surface area is 138 Å². The molecular formula is C19H29NOS. The number of rotatable bonds is 5. The number of hydrogen-bond donors (Lipinski definition) is 1. The normalized spacial score (nSPS) is 23.0. The Kier molecular flexibility index (Phi) is 5.62. The molecule has 1 aromatic rings. The van der Waals surface area contributed by atoms with Crippen LogP contribution >= 0.6 is 0 Å². The molecule has 2 rings (SSSR count). The number of nitrogens with one attached hydrogen (secondary N) is 1. The Morgan fingerprint density at radius 2 is 1.91 bits per heavy atom. The van der Waals surface area contributed by atoms with Crippen LogP contribution in [0.5, 0.6) is 0 Å². The van der Waals surface area contributed by atoms with Gasteiger partial charge in [0.05, 0.1) is 21.3 Å². The lowest BCUT2D eigenvalue weighted by Gasteiger charge is -2.42. The summed E-state index contributed by atoms with van der Waals surface area (Å²) in [4.78, 5) is 0. The summed E-state index contributed by atoms with van der Waals surface area (Å²) in [7, 11) is -1.09. The van der Waals surface area contributed by atoms with E-state index in [1.54, 1.807) is 0 Å². The van der Waals surface area contributed by atoms with Gasteiger partial charge in [-0.3, -0.25) is 0 Å². The van der Waals surface area contributed by atoms with Crippen LogP contribution in [-0.4, -0.2) is 8.96 Å². The maximum atomic E-state index is 12.8. The Morgan fingerprint density at radius 3 is 2.41 bits per heavy atom. The Balaban J connectivity index is 2.45. The molecule has 0 bridgehead atoms. The van der Waals surface area contributed by atoms with E-state index in [9.17, 15) is 4.21 Å². The molecule has 0 heterocycles. The first kappa shape index (κ1) is 17.4. The lowest BCUT2D eigenvalue weighted by atomic mass is 9.73. The van der Waals surface area contributed by atoms with E-state index in [0.29, 0.717) is 5.92 Å². The van der Waals surface area contributed by atoms with E-state index in [2.05, 4.69) is 48.1 Å². The first-order chi connectivity index (χ1) is 10.4. The molecule has 0 saturated carbocycles. The van der Waals surface area contributed by atoms with E-state index in [0.717, 1.165) is 19.3 Å². The summed E-state index contributed by atoms with van der Waals surface area (Å²) < 4.78 is 16.1. The van der Waals surface area contributed by atoms with Crippen LogP contribution in [0.4, 0.5) is 0 Å². The standard InChI is InChI=1S/C19H29NOS/c1-5-19(16-12-8-6-9-13-16,17-14-10-7-11-15-17)20-22(21)18(2,3)4/h6,8-10,12-14,17,20H,5,7,11,15H2,1-4H3/t17-,19-,22?/m1/s1.